The van der Waals surface area contributed by atoms with Crippen LogP contribution in [0.25, 0.3) is 10.9 Å². The molecule has 3 rings (SSSR count). The van der Waals surface area contributed by atoms with E-state index in [1.807, 2.05) is 24.5 Å². The van der Waals surface area contributed by atoms with Gasteiger partial charge in [-0.15, -0.1) is 11.3 Å². The van der Waals surface area contributed by atoms with Gasteiger partial charge < -0.3 is 4.57 Å². The Morgan fingerprint density at radius 2 is 2.25 bits per heavy atom. The van der Waals surface area contributed by atoms with Gasteiger partial charge in [-0.2, -0.15) is 0 Å². The Hall–Kier alpha value is -1.32. The van der Waals surface area contributed by atoms with Crippen molar-refractivity contribution in [1.82, 2.24) is 9.55 Å². The molecule has 0 spiro atoms. The van der Waals surface area contributed by atoms with E-state index in [-0.39, 0.29) is 0 Å². The van der Waals surface area contributed by atoms with Gasteiger partial charge in [-0.05, 0) is 6.07 Å². The zero-order valence-corrected chi connectivity index (χ0v) is 9.92. The molecule has 0 N–H and O–H groups in total. The predicted octanol–water partition coefficient (Wildman–Crippen LogP) is 3.60. The molecule has 0 saturated carbocycles. The Morgan fingerprint density at radius 3 is 3.06 bits per heavy atom. The average molecular weight is 248 g/mol. The summed E-state index contributed by atoms with van der Waals surface area (Å²) in [6.45, 7) is 0.800. The maximum atomic E-state index is 5.81. The SMILES string of the molecule is Clc1ncc(Cn2c[c]c3ccccc32)s1. The minimum atomic E-state index is 0.593. The van der Waals surface area contributed by atoms with Gasteiger partial charge in [-0.1, -0.05) is 29.8 Å². The lowest BCUT2D eigenvalue weighted by atomic mass is 10.2. The number of rotatable bonds is 2. The van der Waals surface area contributed by atoms with Gasteiger partial charge in [0.25, 0.3) is 0 Å². The van der Waals surface area contributed by atoms with E-state index in [0.717, 1.165) is 16.8 Å². The number of thiazole rings is 1. The Bertz CT molecular complexity index is 627. The molecule has 79 valence electrons. The number of nitrogens with zero attached hydrogens (tertiary/aromatic N) is 2. The molecule has 0 atom stereocenters. The van der Waals surface area contributed by atoms with Crippen LogP contribution in [-0.4, -0.2) is 9.55 Å². The lowest BCUT2D eigenvalue weighted by Crippen LogP contribution is -1.94. The van der Waals surface area contributed by atoms with Crippen LogP contribution in [0.3, 0.4) is 0 Å². The third kappa shape index (κ3) is 1.72. The fourth-order valence-electron chi connectivity index (χ4n) is 1.72. The predicted molar refractivity (Wildman–Crippen MR) is 67.0 cm³/mol. The summed E-state index contributed by atoms with van der Waals surface area (Å²) in [5.41, 5.74) is 1.19. The third-order valence-corrected chi connectivity index (χ3v) is 3.54. The molecule has 0 aliphatic rings. The van der Waals surface area contributed by atoms with Crippen LogP contribution in [0, 0.1) is 6.07 Å². The lowest BCUT2D eigenvalue weighted by Gasteiger charge is -2.01. The van der Waals surface area contributed by atoms with E-state index in [1.165, 1.54) is 16.9 Å². The van der Waals surface area contributed by atoms with Crippen LogP contribution in [0.15, 0.2) is 36.7 Å². The highest BCUT2D eigenvalue weighted by Gasteiger charge is 2.03. The van der Waals surface area contributed by atoms with Crippen molar-refractivity contribution in [3.05, 3.63) is 52.1 Å². The van der Waals surface area contributed by atoms with E-state index in [2.05, 4.69) is 27.8 Å². The molecular weight excluding hydrogens is 240 g/mol. The first-order chi connectivity index (χ1) is 7.83. The van der Waals surface area contributed by atoms with Crippen molar-refractivity contribution in [2.75, 3.05) is 0 Å². The van der Waals surface area contributed by atoms with Gasteiger partial charge in [0.15, 0.2) is 4.47 Å². The minimum absolute atomic E-state index is 0.593. The quantitative estimate of drug-likeness (QED) is 0.677. The van der Waals surface area contributed by atoms with E-state index in [1.54, 1.807) is 0 Å². The highest BCUT2D eigenvalue weighted by molar-refractivity contribution is 7.15. The molecule has 16 heavy (non-hydrogen) atoms. The summed E-state index contributed by atoms with van der Waals surface area (Å²) >= 11 is 7.32. The van der Waals surface area contributed by atoms with E-state index >= 15 is 0 Å². The van der Waals surface area contributed by atoms with Gasteiger partial charge in [-0.25, -0.2) is 4.98 Å². The molecule has 2 heterocycles. The summed E-state index contributed by atoms with van der Waals surface area (Å²) < 4.78 is 2.74. The molecular formula is C12H8ClN2S. The fraction of sp³-hybridized carbons (Fsp3) is 0.0833. The second kappa shape index (κ2) is 3.92. The van der Waals surface area contributed by atoms with Gasteiger partial charge >= 0.3 is 0 Å². The summed E-state index contributed by atoms with van der Waals surface area (Å²) in [4.78, 5) is 5.19. The van der Waals surface area contributed by atoms with Crippen LogP contribution in [0.1, 0.15) is 4.88 Å². The monoisotopic (exact) mass is 247 g/mol. The normalized spacial score (nSPS) is 11.1. The van der Waals surface area contributed by atoms with Crippen LogP contribution in [0.5, 0.6) is 0 Å². The highest BCUT2D eigenvalue weighted by atomic mass is 35.5. The van der Waals surface area contributed by atoms with Crippen LogP contribution in [0.4, 0.5) is 0 Å². The van der Waals surface area contributed by atoms with Crippen molar-refractivity contribution in [2.45, 2.75) is 6.54 Å². The first-order valence-electron chi connectivity index (χ1n) is 4.89. The number of hydrogen-bond donors (Lipinski definition) is 0. The molecule has 2 aromatic heterocycles. The maximum Gasteiger partial charge on any atom is 0.183 e. The van der Waals surface area contributed by atoms with E-state index in [4.69, 9.17) is 11.6 Å². The minimum Gasteiger partial charge on any atom is -0.342 e. The first kappa shape index (κ1) is 9.87. The molecule has 0 aliphatic heterocycles. The van der Waals surface area contributed by atoms with Crippen molar-refractivity contribution < 1.29 is 0 Å². The molecule has 0 fully saturated rings. The summed E-state index contributed by atoms with van der Waals surface area (Å²) in [6, 6.07) is 11.4. The van der Waals surface area contributed by atoms with Crippen molar-refractivity contribution in [2.24, 2.45) is 0 Å². The number of hydrogen-bond acceptors (Lipinski definition) is 2. The summed E-state index contributed by atoms with van der Waals surface area (Å²) in [7, 11) is 0. The molecule has 0 amide bonds. The molecule has 1 aromatic carbocycles. The highest BCUT2D eigenvalue weighted by Crippen LogP contribution is 2.21. The number of aromatic nitrogens is 2. The van der Waals surface area contributed by atoms with Crippen LogP contribution < -0.4 is 0 Å². The Balaban J connectivity index is 2.00. The van der Waals surface area contributed by atoms with Gasteiger partial charge in [0.1, 0.15) is 0 Å². The van der Waals surface area contributed by atoms with Gasteiger partial charge in [0.05, 0.1) is 6.54 Å². The summed E-state index contributed by atoms with van der Waals surface area (Å²) in [5.74, 6) is 0. The molecule has 0 saturated heterocycles. The molecule has 0 bridgehead atoms. The van der Waals surface area contributed by atoms with Crippen LogP contribution >= 0.6 is 22.9 Å². The average Bonchev–Trinajstić information content (AvgIpc) is 2.87. The number of fused-ring (bicyclic) bond motifs is 1. The summed E-state index contributed by atoms with van der Waals surface area (Å²) in [5, 5.41) is 1.14. The topological polar surface area (TPSA) is 17.8 Å². The van der Waals surface area contributed by atoms with Crippen molar-refractivity contribution in [1.29, 1.82) is 0 Å². The Labute approximate surface area is 102 Å². The van der Waals surface area contributed by atoms with Crippen molar-refractivity contribution in [3.8, 4) is 0 Å². The second-order valence-electron chi connectivity index (χ2n) is 3.50. The molecule has 4 heteroatoms. The van der Waals surface area contributed by atoms with Crippen molar-refractivity contribution >= 4 is 33.8 Å². The first-order valence-corrected chi connectivity index (χ1v) is 6.08. The van der Waals surface area contributed by atoms with Crippen molar-refractivity contribution in [3.63, 3.8) is 0 Å². The van der Waals surface area contributed by atoms with Gasteiger partial charge in [-0.3, -0.25) is 0 Å². The second-order valence-corrected chi connectivity index (χ2v) is 5.20. The zero-order valence-electron chi connectivity index (χ0n) is 8.35. The standard InChI is InChI=1S/C12H8ClN2S/c13-12-14-7-10(16-12)8-15-6-5-9-3-1-2-4-11(9)15/h1-4,6-7H,8H2. The molecule has 2 nitrogen and oxygen atoms in total. The number of halogens is 1. The molecule has 1 radical (unpaired) electrons. The van der Waals surface area contributed by atoms with Gasteiger partial charge in [0.2, 0.25) is 0 Å². The largest absolute Gasteiger partial charge is 0.342 e. The molecule has 0 aliphatic carbocycles. The van der Waals surface area contributed by atoms with Gasteiger partial charge in [0, 0.05) is 34.2 Å². The smallest absolute Gasteiger partial charge is 0.183 e. The maximum absolute atomic E-state index is 5.81. The zero-order chi connectivity index (χ0) is 11.0. The molecule has 0 unspecified atom stereocenters. The number of para-hydroxylation sites is 1. The number of benzene rings is 1. The van der Waals surface area contributed by atoms with Crippen LogP contribution in [0.2, 0.25) is 4.47 Å². The fourth-order valence-corrected chi connectivity index (χ4v) is 2.70. The van der Waals surface area contributed by atoms with E-state index in [0.29, 0.717) is 4.47 Å². The van der Waals surface area contributed by atoms with E-state index < -0.39 is 0 Å². The lowest BCUT2D eigenvalue weighted by molar-refractivity contribution is 0.848. The Kier molecular flexibility index (Phi) is 2.42. The summed E-state index contributed by atoms with van der Waals surface area (Å²) in [6.07, 6.45) is 3.79. The van der Waals surface area contributed by atoms with E-state index in [9.17, 15) is 0 Å². The Morgan fingerprint density at radius 1 is 1.38 bits per heavy atom. The molecule has 3 aromatic rings. The third-order valence-electron chi connectivity index (χ3n) is 2.44. The van der Waals surface area contributed by atoms with Crippen LogP contribution in [-0.2, 0) is 6.54 Å².